The second-order valence-electron chi connectivity index (χ2n) is 4.57. The third-order valence-electron chi connectivity index (χ3n) is 2.64. The molecule has 4 nitrogen and oxygen atoms in total. The van der Waals surface area contributed by atoms with E-state index in [4.69, 9.17) is 5.14 Å². The minimum atomic E-state index is -3.30. The Morgan fingerprint density at radius 3 is 2.21 bits per heavy atom. The number of nitrogens with two attached hydrogens (primary N) is 1. The van der Waals surface area contributed by atoms with Crippen molar-refractivity contribution >= 4 is 10.0 Å². The lowest BCUT2D eigenvalue weighted by atomic mass is 9.92. The van der Waals surface area contributed by atoms with Crippen LogP contribution in [-0.4, -0.2) is 38.7 Å². The van der Waals surface area contributed by atoms with E-state index in [-0.39, 0.29) is 5.75 Å². The molecule has 0 aromatic rings. The third-order valence-corrected chi connectivity index (χ3v) is 3.39. The minimum Gasteiger partial charge on any atom is -0.302 e. The molecule has 2 atom stereocenters. The van der Waals surface area contributed by atoms with E-state index in [9.17, 15) is 8.42 Å². The average molecular weight is 220 g/mol. The summed E-state index contributed by atoms with van der Waals surface area (Å²) in [5.41, 5.74) is 0. The molecular weight excluding hydrogens is 200 g/mol. The first-order valence-electron chi connectivity index (χ1n) is 5.09. The highest BCUT2D eigenvalue weighted by molar-refractivity contribution is 7.89. The highest BCUT2D eigenvalue weighted by atomic mass is 32.2. The van der Waals surface area contributed by atoms with E-state index in [0.717, 1.165) is 13.1 Å². The number of hydrogen-bond acceptors (Lipinski definition) is 3. The largest absolute Gasteiger partial charge is 0.302 e. The van der Waals surface area contributed by atoms with Crippen LogP contribution in [0.1, 0.15) is 20.3 Å². The maximum absolute atomic E-state index is 10.8. The smallest absolute Gasteiger partial charge is 0.210 e. The molecule has 1 aliphatic rings. The topological polar surface area (TPSA) is 63.4 Å². The van der Waals surface area contributed by atoms with Crippen LogP contribution in [0.15, 0.2) is 0 Å². The van der Waals surface area contributed by atoms with Gasteiger partial charge in [0.1, 0.15) is 0 Å². The fraction of sp³-hybridized carbons (Fsp3) is 1.00. The molecule has 14 heavy (non-hydrogen) atoms. The summed E-state index contributed by atoms with van der Waals surface area (Å²) in [5.74, 6) is 1.41. The Morgan fingerprint density at radius 1 is 1.29 bits per heavy atom. The fourth-order valence-corrected chi connectivity index (χ4v) is 2.74. The monoisotopic (exact) mass is 220 g/mol. The van der Waals surface area contributed by atoms with E-state index in [2.05, 4.69) is 18.7 Å². The van der Waals surface area contributed by atoms with E-state index in [1.165, 1.54) is 6.42 Å². The zero-order valence-corrected chi connectivity index (χ0v) is 9.76. The molecule has 1 aliphatic heterocycles. The van der Waals surface area contributed by atoms with Crippen molar-refractivity contribution in [3.63, 3.8) is 0 Å². The van der Waals surface area contributed by atoms with Crippen molar-refractivity contribution in [1.82, 2.24) is 4.90 Å². The maximum atomic E-state index is 10.8. The highest BCUT2D eigenvalue weighted by Crippen LogP contribution is 2.20. The molecule has 5 heteroatoms. The molecule has 0 aromatic carbocycles. The fourth-order valence-electron chi connectivity index (χ4n) is 2.23. The summed E-state index contributed by atoms with van der Waals surface area (Å²) < 4.78 is 21.6. The van der Waals surface area contributed by atoms with Gasteiger partial charge in [0.2, 0.25) is 10.0 Å². The Kier molecular flexibility index (Phi) is 3.92. The van der Waals surface area contributed by atoms with Crippen LogP contribution < -0.4 is 5.14 Å². The normalized spacial score (nSPS) is 30.5. The van der Waals surface area contributed by atoms with Gasteiger partial charge in [-0.15, -0.1) is 0 Å². The van der Waals surface area contributed by atoms with E-state index in [0.29, 0.717) is 18.4 Å². The van der Waals surface area contributed by atoms with Gasteiger partial charge in [0.15, 0.2) is 0 Å². The summed E-state index contributed by atoms with van der Waals surface area (Å²) in [6, 6.07) is 0. The van der Waals surface area contributed by atoms with E-state index in [1.807, 2.05) is 0 Å². The van der Waals surface area contributed by atoms with Crippen LogP contribution >= 0.6 is 0 Å². The van der Waals surface area contributed by atoms with Gasteiger partial charge in [-0.1, -0.05) is 13.8 Å². The highest BCUT2D eigenvalue weighted by Gasteiger charge is 2.22. The van der Waals surface area contributed by atoms with E-state index in [1.54, 1.807) is 0 Å². The zero-order chi connectivity index (χ0) is 10.8. The Balaban J connectivity index is 2.38. The quantitative estimate of drug-likeness (QED) is 0.741. The summed E-state index contributed by atoms with van der Waals surface area (Å²) in [6.45, 7) is 6.99. The summed E-state index contributed by atoms with van der Waals surface area (Å²) in [6.07, 6.45) is 1.24. The van der Waals surface area contributed by atoms with E-state index < -0.39 is 10.0 Å². The summed E-state index contributed by atoms with van der Waals surface area (Å²) in [4.78, 5) is 2.20. The first-order valence-corrected chi connectivity index (χ1v) is 6.81. The Labute approximate surface area is 86.5 Å². The zero-order valence-electron chi connectivity index (χ0n) is 8.94. The van der Waals surface area contributed by atoms with Gasteiger partial charge in [-0.25, -0.2) is 13.6 Å². The lowest BCUT2D eigenvalue weighted by molar-refractivity contribution is 0.148. The molecule has 1 saturated heterocycles. The molecule has 1 rings (SSSR count). The van der Waals surface area contributed by atoms with Crippen LogP contribution in [0.5, 0.6) is 0 Å². The molecule has 0 spiro atoms. The molecule has 2 N–H and O–H groups in total. The Bertz CT molecular complexity index is 267. The van der Waals surface area contributed by atoms with Gasteiger partial charge in [-0.3, -0.25) is 0 Å². The van der Waals surface area contributed by atoms with Crippen LogP contribution in [0, 0.1) is 11.8 Å². The first kappa shape index (κ1) is 11.9. The third kappa shape index (κ3) is 4.39. The van der Waals surface area contributed by atoms with Crippen LogP contribution in [0.4, 0.5) is 0 Å². The van der Waals surface area contributed by atoms with Crippen LogP contribution in [-0.2, 0) is 10.0 Å². The number of nitrogens with zero attached hydrogens (tertiary/aromatic N) is 1. The molecular formula is C9H20N2O2S. The molecule has 0 radical (unpaired) electrons. The van der Waals surface area contributed by atoms with Gasteiger partial charge in [-0.2, -0.15) is 0 Å². The number of rotatable bonds is 3. The molecule has 0 saturated carbocycles. The lowest BCUT2D eigenvalue weighted by Crippen LogP contribution is -2.41. The van der Waals surface area contributed by atoms with Crippen molar-refractivity contribution < 1.29 is 8.42 Å². The number of piperidine rings is 1. The Morgan fingerprint density at radius 2 is 1.79 bits per heavy atom. The summed E-state index contributed by atoms with van der Waals surface area (Å²) in [7, 11) is -3.30. The molecule has 0 bridgehead atoms. The number of sulfonamides is 1. The number of likely N-dealkylation sites (tertiary alicyclic amines) is 1. The van der Waals surface area contributed by atoms with Crippen molar-refractivity contribution in [2.75, 3.05) is 25.4 Å². The minimum absolute atomic E-state index is 0.0758. The Hall–Kier alpha value is -0.130. The van der Waals surface area contributed by atoms with Gasteiger partial charge in [0.25, 0.3) is 0 Å². The SMILES string of the molecule is CC1CC(C)CN(CCS(N)(=O)=O)C1. The van der Waals surface area contributed by atoms with Crippen molar-refractivity contribution in [2.24, 2.45) is 17.0 Å². The van der Waals surface area contributed by atoms with Gasteiger partial charge < -0.3 is 4.90 Å². The molecule has 84 valence electrons. The molecule has 2 unspecified atom stereocenters. The average Bonchev–Trinajstić information content (AvgIpc) is 1.97. The van der Waals surface area contributed by atoms with Gasteiger partial charge in [0, 0.05) is 19.6 Å². The standard InChI is InChI=1S/C9H20N2O2S/c1-8-5-9(2)7-11(6-8)3-4-14(10,12)13/h8-9H,3-7H2,1-2H3,(H2,10,12,13). The molecule has 0 amide bonds. The maximum Gasteiger partial charge on any atom is 0.210 e. The van der Waals surface area contributed by atoms with Gasteiger partial charge >= 0.3 is 0 Å². The van der Waals surface area contributed by atoms with Crippen molar-refractivity contribution in [3.05, 3.63) is 0 Å². The van der Waals surface area contributed by atoms with Gasteiger partial charge in [-0.05, 0) is 18.3 Å². The van der Waals surface area contributed by atoms with Crippen molar-refractivity contribution in [1.29, 1.82) is 0 Å². The summed E-state index contributed by atoms with van der Waals surface area (Å²) >= 11 is 0. The first-order chi connectivity index (χ1) is 6.37. The van der Waals surface area contributed by atoms with E-state index >= 15 is 0 Å². The van der Waals surface area contributed by atoms with Crippen molar-refractivity contribution in [2.45, 2.75) is 20.3 Å². The predicted molar refractivity (Wildman–Crippen MR) is 57.4 cm³/mol. The van der Waals surface area contributed by atoms with Crippen molar-refractivity contribution in [3.8, 4) is 0 Å². The number of hydrogen-bond donors (Lipinski definition) is 1. The lowest BCUT2D eigenvalue weighted by Gasteiger charge is -2.34. The number of primary sulfonamides is 1. The molecule has 0 aromatic heterocycles. The molecule has 1 fully saturated rings. The second kappa shape index (κ2) is 4.59. The molecule has 0 aliphatic carbocycles. The van der Waals surface area contributed by atoms with Crippen LogP contribution in [0.25, 0.3) is 0 Å². The van der Waals surface area contributed by atoms with Crippen LogP contribution in [0.3, 0.4) is 0 Å². The predicted octanol–water partition coefficient (Wildman–Crippen LogP) is 0.253. The molecule has 1 heterocycles. The van der Waals surface area contributed by atoms with Crippen LogP contribution in [0.2, 0.25) is 0 Å². The second-order valence-corrected chi connectivity index (χ2v) is 6.31. The summed E-state index contributed by atoms with van der Waals surface area (Å²) in [5, 5.41) is 4.97. The van der Waals surface area contributed by atoms with Gasteiger partial charge in [0.05, 0.1) is 5.75 Å².